The van der Waals surface area contributed by atoms with E-state index in [9.17, 15) is 4.79 Å². The van der Waals surface area contributed by atoms with E-state index in [0.717, 1.165) is 67.8 Å². The van der Waals surface area contributed by atoms with Crippen molar-refractivity contribution in [3.05, 3.63) is 51.6 Å². The van der Waals surface area contributed by atoms with Crippen molar-refractivity contribution in [3.8, 4) is 0 Å². The van der Waals surface area contributed by atoms with Crippen LogP contribution in [0.5, 0.6) is 0 Å². The number of nitrogens with one attached hydrogen (secondary N) is 1. The van der Waals surface area contributed by atoms with Gasteiger partial charge in [0.05, 0.1) is 12.6 Å². The number of H-pyrrole nitrogens is 1. The zero-order valence-electron chi connectivity index (χ0n) is 19.8. The van der Waals surface area contributed by atoms with Gasteiger partial charge in [-0.1, -0.05) is 13.0 Å². The average molecular weight is 464 g/mol. The van der Waals surface area contributed by atoms with Gasteiger partial charge in [0.15, 0.2) is 5.82 Å². The van der Waals surface area contributed by atoms with Gasteiger partial charge in [0.1, 0.15) is 6.04 Å². The minimum absolute atomic E-state index is 0.0673. The summed E-state index contributed by atoms with van der Waals surface area (Å²) in [5, 5.41) is 13.9. The van der Waals surface area contributed by atoms with Crippen LogP contribution < -0.4 is 5.56 Å². The lowest BCUT2D eigenvalue weighted by molar-refractivity contribution is 0.0728. The molecule has 0 unspecified atom stereocenters. The Hall–Kier alpha value is -2.62. The fourth-order valence-corrected chi connectivity index (χ4v) is 5.96. The van der Waals surface area contributed by atoms with Gasteiger partial charge in [-0.15, -0.1) is 5.10 Å². The van der Waals surface area contributed by atoms with Crippen LogP contribution in [0.25, 0.3) is 10.9 Å². The summed E-state index contributed by atoms with van der Waals surface area (Å²) in [7, 11) is 0. The number of hydrogen-bond acceptors (Lipinski definition) is 7. The van der Waals surface area contributed by atoms with Crippen molar-refractivity contribution in [3.63, 3.8) is 0 Å². The van der Waals surface area contributed by atoms with E-state index in [2.05, 4.69) is 55.4 Å². The Balaban J connectivity index is 1.43. The first-order chi connectivity index (χ1) is 16.7. The van der Waals surface area contributed by atoms with Gasteiger partial charge in [0.2, 0.25) is 0 Å². The molecule has 0 amide bonds. The molecular formula is C25H33N7O2. The Morgan fingerprint density at radius 2 is 2.12 bits per heavy atom. The zero-order valence-corrected chi connectivity index (χ0v) is 19.8. The highest BCUT2D eigenvalue weighted by molar-refractivity contribution is 5.80. The maximum absolute atomic E-state index is 13.5. The van der Waals surface area contributed by atoms with Crippen molar-refractivity contribution in [2.24, 2.45) is 0 Å². The van der Waals surface area contributed by atoms with Crippen LogP contribution in [0.4, 0.5) is 0 Å². The molecule has 3 aromatic rings. The van der Waals surface area contributed by atoms with Gasteiger partial charge in [-0.2, -0.15) is 0 Å². The molecule has 0 saturated carbocycles. The number of aromatic amines is 1. The summed E-state index contributed by atoms with van der Waals surface area (Å²) >= 11 is 0. The Bertz CT molecular complexity index is 1220. The van der Waals surface area contributed by atoms with Gasteiger partial charge in [-0.05, 0) is 78.2 Å². The predicted octanol–water partition coefficient (Wildman–Crippen LogP) is 2.13. The topological polar surface area (TPSA) is 92.2 Å². The molecule has 1 aromatic carbocycles. The molecule has 3 fully saturated rings. The summed E-state index contributed by atoms with van der Waals surface area (Å²) in [5.74, 6) is 0.735. The highest BCUT2D eigenvalue weighted by atomic mass is 16.5. The van der Waals surface area contributed by atoms with Crippen LogP contribution in [-0.2, 0) is 17.7 Å². The normalized spacial score (nSPS) is 24.6. The maximum Gasteiger partial charge on any atom is 0.253 e. The molecule has 5 heterocycles. The van der Waals surface area contributed by atoms with Crippen molar-refractivity contribution in [2.75, 3.05) is 32.8 Å². The highest BCUT2D eigenvalue weighted by Crippen LogP contribution is 2.32. The number of rotatable bonds is 6. The SMILES string of the molecule is CCc1ccc2[nH]c(=O)c([C@@H](c3nnnn3C[C@@H]3CCCO3)N3CCN4CCC[C@@H]4C3)cc2c1. The monoisotopic (exact) mass is 463 g/mol. The summed E-state index contributed by atoms with van der Waals surface area (Å²) in [4.78, 5) is 21.6. The molecule has 3 aliphatic rings. The van der Waals surface area contributed by atoms with Crippen LogP contribution >= 0.6 is 0 Å². The lowest BCUT2D eigenvalue weighted by Crippen LogP contribution is -2.52. The second-order valence-corrected chi connectivity index (χ2v) is 9.91. The Morgan fingerprint density at radius 3 is 2.97 bits per heavy atom. The van der Waals surface area contributed by atoms with Crippen LogP contribution in [0.2, 0.25) is 0 Å². The third-order valence-corrected chi connectivity index (χ3v) is 7.83. The molecule has 3 atom stereocenters. The van der Waals surface area contributed by atoms with E-state index < -0.39 is 0 Å². The highest BCUT2D eigenvalue weighted by Gasteiger charge is 2.38. The molecule has 34 heavy (non-hydrogen) atoms. The third-order valence-electron chi connectivity index (χ3n) is 7.83. The smallest absolute Gasteiger partial charge is 0.253 e. The largest absolute Gasteiger partial charge is 0.376 e. The number of pyridine rings is 1. The average Bonchev–Trinajstić information content (AvgIpc) is 3.62. The van der Waals surface area contributed by atoms with E-state index in [1.807, 2.05) is 10.7 Å². The van der Waals surface area contributed by atoms with Crippen molar-refractivity contribution < 1.29 is 4.74 Å². The van der Waals surface area contributed by atoms with Crippen LogP contribution in [-0.4, -0.2) is 79.9 Å². The summed E-state index contributed by atoms with van der Waals surface area (Å²) in [6.07, 6.45) is 5.61. The first-order valence-electron chi connectivity index (χ1n) is 12.7. The predicted molar refractivity (Wildman–Crippen MR) is 129 cm³/mol. The zero-order chi connectivity index (χ0) is 23.1. The van der Waals surface area contributed by atoms with E-state index in [1.54, 1.807) is 0 Å². The molecule has 180 valence electrons. The van der Waals surface area contributed by atoms with Crippen LogP contribution in [0.3, 0.4) is 0 Å². The quantitative estimate of drug-likeness (QED) is 0.599. The summed E-state index contributed by atoms with van der Waals surface area (Å²) in [5.41, 5.74) is 2.77. The first kappa shape index (κ1) is 21.9. The molecule has 9 nitrogen and oxygen atoms in total. The fourth-order valence-electron chi connectivity index (χ4n) is 5.96. The molecule has 1 N–H and O–H groups in total. The van der Waals surface area contributed by atoms with Crippen molar-refractivity contribution in [2.45, 2.75) is 63.8 Å². The van der Waals surface area contributed by atoms with Gasteiger partial charge >= 0.3 is 0 Å². The molecule has 3 saturated heterocycles. The standard InChI is InChI=1S/C25H33N7O2/c1-2-17-7-8-22-18(13-17)14-21(25(33)26-22)23(31-11-10-30-9-3-5-19(30)15-31)24-27-28-29-32(24)16-20-6-4-12-34-20/h7-8,13-14,19-20,23H,2-6,9-12,15-16H2,1H3,(H,26,33)/t19-,20+,23+/m1/s1. The van der Waals surface area contributed by atoms with E-state index in [1.165, 1.54) is 24.9 Å². The number of fused-ring (bicyclic) bond motifs is 2. The van der Waals surface area contributed by atoms with Gasteiger partial charge in [0, 0.05) is 43.4 Å². The van der Waals surface area contributed by atoms with Gasteiger partial charge in [0.25, 0.3) is 5.56 Å². The maximum atomic E-state index is 13.5. The van der Waals surface area contributed by atoms with Gasteiger partial charge in [-0.3, -0.25) is 14.6 Å². The number of aryl methyl sites for hydroxylation is 1. The summed E-state index contributed by atoms with van der Waals surface area (Å²) in [6.45, 7) is 7.56. The number of hydrogen-bond donors (Lipinski definition) is 1. The lowest BCUT2D eigenvalue weighted by Gasteiger charge is -2.41. The van der Waals surface area contributed by atoms with E-state index in [-0.39, 0.29) is 17.7 Å². The summed E-state index contributed by atoms with van der Waals surface area (Å²) < 4.78 is 7.74. The van der Waals surface area contributed by atoms with E-state index >= 15 is 0 Å². The van der Waals surface area contributed by atoms with Crippen LogP contribution in [0.15, 0.2) is 29.1 Å². The van der Waals surface area contributed by atoms with Crippen molar-refractivity contribution in [1.29, 1.82) is 0 Å². The number of tetrazole rings is 1. The molecule has 6 rings (SSSR count). The first-order valence-corrected chi connectivity index (χ1v) is 12.7. The molecular weight excluding hydrogens is 430 g/mol. The second kappa shape index (κ2) is 9.20. The molecule has 0 aliphatic carbocycles. The lowest BCUT2D eigenvalue weighted by atomic mass is 10.00. The number of nitrogens with zero attached hydrogens (tertiary/aromatic N) is 6. The molecule has 0 spiro atoms. The van der Waals surface area contributed by atoms with Crippen molar-refractivity contribution in [1.82, 2.24) is 35.0 Å². The molecule has 9 heteroatoms. The Kier molecular flexibility index (Phi) is 5.92. The Morgan fingerprint density at radius 1 is 1.18 bits per heavy atom. The molecule has 2 aromatic heterocycles. The van der Waals surface area contributed by atoms with Crippen LogP contribution in [0.1, 0.15) is 55.6 Å². The second-order valence-electron chi connectivity index (χ2n) is 9.91. The number of benzene rings is 1. The summed E-state index contributed by atoms with van der Waals surface area (Å²) in [6, 6.07) is 8.56. The fraction of sp³-hybridized carbons (Fsp3) is 0.600. The van der Waals surface area contributed by atoms with E-state index in [4.69, 9.17) is 4.74 Å². The van der Waals surface area contributed by atoms with E-state index in [0.29, 0.717) is 12.6 Å². The Labute approximate surface area is 199 Å². The minimum atomic E-state index is -0.294. The van der Waals surface area contributed by atoms with Crippen LogP contribution in [0, 0.1) is 0 Å². The van der Waals surface area contributed by atoms with Crippen molar-refractivity contribution >= 4 is 10.9 Å². The molecule has 0 radical (unpaired) electrons. The molecule has 3 aliphatic heterocycles. The van der Waals surface area contributed by atoms with Gasteiger partial charge in [-0.25, -0.2) is 4.68 Å². The minimum Gasteiger partial charge on any atom is -0.376 e. The number of aromatic nitrogens is 5. The third kappa shape index (κ3) is 4.06. The van der Waals surface area contributed by atoms with Gasteiger partial charge < -0.3 is 9.72 Å². The number of piperazine rings is 1. The number of ether oxygens (including phenoxy) is 1. The molecule has 0 bridgehead atoms.